The maximum atomic E-state index is 11.0. The highest BCUT2D eigenvalue weighted by molar-refractivity contribution is 7.19. The lowest BCUT2D eigenvalue weighted by Crippen LogP contribution is -2.39. The van der Waals surface area contributed by atoms with E-state index in [2.05, 4.69) is 5.32 Å². The zero-order valence-electron chi connectivity index (χ0n) is 7.83. The first kappa shape index (κ1) is 12.2. The van der Waals surface area contributed by atoms with Crippen LogP contribution in [0.1, 0.15) is 20.8 Å². The van der Waals surface area contributed by atoms with Crippen LogP contribution in [-0.2, 0) is 9.53 Å². The quantitative estimate of drug-likeness (QED) is 0.656. The van der Waals surface area contributed by atoms with Gasteiger partial charge in [0.15, 0.2) is 0 Å². The summed E-state index contributed by atoms with van der Waals surface area (Å²) in [6.45, 7) is 5.10. The molecule has 0 rings (SSSR count). The topological polar surface area (TPSA) is 75.6 Å². The van der Waals surface area contributed by atoms with Crippen LogP contribution < -0.4 is 5.32 Å². The van der Waals surface area contributed by atoms with Crippen LogP contribution >= 0.6 is 9.24 Å². The van der Waals surface area contributed by atoms with Crippen molar-refractivity contribution in [2.75, 3.05) is 0 Å². The molecule has 0 aliphatic carbocycles. The van der Waals surface area contributed by atoms with Crippen molar-refractivity contribution in [1.82, 2.24) is 5.32 Å². The molecule has 0 aromatic heterocycles. The van der Waals surface area contributed by atoms with Crippen molar-refractivity contribution < 1.29 is 19.4 Å². The summed E-state index contributed by atoms with van der Waals surface area (Å²) in [6.07, 6.45) is -0.741. The third-order valence-electron chi connectivity index (χ3n) is 0.938. The molecule has 1 unspecified atom stereocenters. The fourth-order valence-corrected chi connectivity index (χ4v) is 0.632. The molecule has 5 nitrogen and oxygen atoms in total. The maximum Gasteiger partial charge on any atom is 0.408 e. The molecule has 2 N–H and O–H groups in total. The van der Waals surface area contributed by atoms with E-state index in [1.807, 2.05) is 9.24 Å². The SMILES string of the molecule is CC(C)(C)OC(=O)N[C@H](P)C(=O)O. The van der Waals surface area contributed by atoms with Crippen LogP contribution in [0.15, 0.2) is 0 Å². The van der Waals surface area contributed by atoms with Crippen LogP contribution in [0, 0.1) is 0 Å². The van der Waals surface area contributed by atoms with E-state index >= 15 is 0 Å². The second-order valence-electron chi connectivity index (χ2n) is 3.46. The molecule has 0 heterocycles. The molecule has 0 bridgehead atoms. The molecule has 0 saturated carbocycles. The molecule has 1 amide bonds. The smallest absolute Gasteiger partial charge is 0.408 e. The van der Waals surface area contributed by atoms with Crippen molar-refractivity contribution in [2.45, 2.75) is 32.2 Å². The third kappa shape index (κ3) is 6.34. The lowest BCUT2D eigenvalue weighted by molar-refractivity contribution is -0.137. The number of carbonyl (C=O) groups is 2. The summed E-state index contributed by atoms with van der Waals surface area (Å²) in [7, 11) is 1.98. The fourth-order valence-electron chi connectivity index (χ4n) is 0.496. The summed E-state index contributed by atoms with van der Waals surface area (Å²) in [5.41, 5.74) is -0.618. The van der Waals surface area contributed by atoms with Gasteiger partial charge in [0.1, 0.15) is 11.4 Å². The Morgan fingerprint density at radius 3 is 2.23 bits per heavy atom. The number of amides is 1. The lowest BCUT2D eigenvalue weighted by Gasteiger charge is -2.20. The Kier molecular flexibility index (Phi) is 4.14. The Bertz CT molecular complexity index is 211. The van der Waals surface area contributed by atoms with Gasteiger partial charge in [-0.05, 0) is 20.8 Å². The van der Waals surface area contributed by atoms with Gasteiger partial charge in [0, 0.05) is 0 Å². The molecule has 0 fully saturated rings. The summed E-state index contributed by atoms with van der Waals surface area (Å²) in [4.78, 5) is 21.3. The van der Waals surface area contributed by atoms with Crippen molar-refractivity contribution in [3.05, 3.63) is 0 Å². The Balaban J connectivity index is 3.96. The molecular formula is C7H14NO4P. The minimum atomic E-state index is -1.13. The van der Waals surface area contributed by atoms with Crippen molar-refractivity contribution in [2.24, 2.45) is 0 Å². The summed E-state index contributed by atoms with van der Waals surface area (Å²) >= 11 is 0. The maximum absolute atomic E-state index is 11.0. The number of aliphatic carboxylic acids is 1. The van der Waals surface area contributed by atoms with Gasteiger partial charge in [-0.15, -0.1) is 9.24 Å². The highest BCUT2D eigenvalue weighted by atomic mass is 31.0. The van der Waals surface area contributed by atoms with Crippen LogP contribution in [-0.4, -0.2) is 28.6 Å². The number of ether oxygens (including phenoxy) is 1. The number of hydrogen-bond acceptors (Lipinski definition) is 3. The van der Waals surface area contributed by atoms with Gasteiger partial charge in [0.2, 0.25) is 0 Å². The van der Waals surface area contributed by atoms with Crippen LogP contribution in [0.5, 0.6) is 0 Å². The number of carbonyl (C=O) groups excluding carboxylic acids is 1. The van der Waals surface area contributed by atoms with E-state index in [1.54, 1.807) is 20.8 Å². The molecule has 0 aromatic rings. The van der Waals surface area contributed by atoms with Gasteiger partial charge >= 0.3 is 12.1 Å². The second kappa shape index (κ2) is 4.42. The number of carboxylic acids is 1. The number of carboxylic acid groups (broad SMARTS) is 1. The monoisotopic (exact) mass is 207 g/mol. The molecule has 6 heteroatoms. The minimum Gasteiger partial charge on any atom is -0.479 e. The van der Waals surface area contributed by atoms with Gasteiger partial charge in [-0.1, -0.05) is 0 Å². The predicted molar refractivity (Wildman–Crippen MR) is 50.5 cm³/mol. The number of nitrogens with one attached hydrogen (secondary N) is 1. The fraction of sp³-hybridized carbons (Fsp3) is 0.714. The minimum absolute atomic E-state index is 0.618. The van der Waals surface area contributed by atoms with E-state index in [0.29, 0.717) is 0 Å². The second-order valence-corrected chi connectivity index (χ2v) is 4.13. The van der Waals surface area contributed by atoms with Crippen molar-refractivity contribution in [1.29, 1.82) is 0 Å². The van der Waals surface area contributed by atoms with E-state index < -0.39 is 23.4 Å². The van der Waals surface area contributed by atoms with E-state index in [9.17, 15) is 9.59 Å². The molecule has 13 heavy (non-hydrogen) atoms. The zero-order chi connectivity index (χ0) is 10.6. The Morgan fingerprint density at radius 2 is 1.92 bits per heavy atom. The van der Waals surface area contributed by atoms with E-state index in [4.69, 9.17) is 9.84 Å². The predicted octanol–water partition coefficient (Wildman–Crippen LogP) is 0.797. The zero-order valence-corrected chi connectivity index (χ0v) is 8.98. The van der Waals surface area contributed by atoms with E-state index in [0.717, 1.165) is 0 Å². The van der Waals surface area contributed by atoms with Crippen LogP contribution in [0.4, 0.5) is 4.79 Å². The Hall–Kier alpha value is -0.830. The largest absolute Gasteiger partial charge is 0.479 e. The summed E-state index contributed by atoms with van der Waals surface area (Å²) < 4.78 is 4.83. The summed E-state index contributed by atoms with van der Waals surface area (Å²) in [6, 6.07) is 0. The standard InChI is InChI=1S/C7H14NO4P/c1-7(2,3)12-6(11)8-4(13)5(9)10/h4H,13H2,1-3H3,(H,8,11)(H,9,10)/t4-/m1/s1. The van der Waals surface area contributed by atoms with Crippen LogP contribution in [0.25, 0.3) is 0 Å². The Morgan fingerprint density at radius 1 is 1.46 bits per heavy atom. The molecule has 0 saturated heterocycles. The summed E-state index contributed by atoms with van der Waals surface area (Å²) in [5, 5.41) is 10.6. The first-order valence-electron chi connectivity index (χ1n) is 3.70. The molecular weight excluding hydrogens is 193 g/mol. The highest BCUT2D eigenvalue weighted by Gasteiger charge is 2.20. The van der Waals surface area contributed by atoms with Gasteiger partial charge in [-0.25, -0.2) is 9.59 Å². The van der Waals surface area contributed by atoms with Gasteiger partial charge in [-0.3, -0.25) is 0 Å². The van der Waals surface area contributed by atoms with E-state index in [1.165, 1.54) is 0 Å². The van der Waals surface area contributed by atoms with E-state index in [-0.39, 0.29) is 0 Å². The van der Waals surface area contributed by atoms with Crippen LogP contribution in [0.2, 0.25) is 0 Å². The summed E-state index contributed by atoms with van der Waals surface area (Å²) in [5.74, 6) is -2.15. The number of hydrogen-bond donors (Lipinski definition) is 2. The molecule has 0 aromatic carbocycles. The number of rotatable bonds is 2. The molecule has 0 aliphatic heterocycles. The van der Waals surface area contributed by atoms with Crippen molar-refractivity contribution in [3.63, 3.8) is 0 Å². The third-order valence-corrected chi connectivity index (χ3v) is 1.39. The normalized spacial score (nSPS) is 13.2. The molecule has 2 atom stereocenters. The average Bonchev–Trinajstić information content (AvgIpc) is 1.81. The lowest BCUT2D eigenvalue weighted by atomic mass is 10.2. The molecule has 76 valence electrons. The van der Waals surface area contributed by atoms with Gasteiger partial charge < -0.3 is 15.2 Å². The van der Waals surface area contributed by atoms with Crippen LogP contribution in [0.3, 0.4) is 0 Å². The number of alkyl carbamates (subject to hydrolysis) is 1. The highest BCUT2D eigenvalue weighted by Crippen LogP contribution is 2.07. The Labute approximate surface area is 79.0 Å². The molecule has 0 radical (unpaired) electrons. The van der Waals surface area contributed by atoms with Crippen molar-refractivity contribution in [3.8, 4) is 0 Å². The average molecular weight is 207 g/mol. The van der Waals surface area contributed by atoms with Crippen molar-refractivity contribution >= 4 is 21.3 Å². The molecule has 0 spiro atoms. The first-order valence-corrected chi connectivity index (χ1v) is 4.37. The van der Waals surface area contributed by atoms with Gasteiger partial charge in [0.25, 0.3) is 0 Å². The molecule has 0 aliphatic rings. The first-order chi connectivity index (χ1) is 5.72. The van der Waals surface area contributed by atoms with Gasteiger partial charge in [0.05, 0.1) is 0 Å². The van der Waals surface area contributed by atoms with Gasteiger partial charge in [-0.2, -0.15) is 0 Å².